The number of hydrogen-bond acceptors (Lipinski definition) is 4. The highest BCUT2D eigenvalue weighted by atomic mass is 16.5. The molecule has 1 unspecified atom stereocenters. The number of benzene rings is 1. The zero-order valence-corrected chi connectivity index (χ0v) is 16.0. The van der Waals surface area contributed by atoms with Gasteiger partial charge < -0.3 is 14.6 Å². The molecule has 0 radical (unpaired) electrons. The molecule has 0 spiro atoms. The van der Waals surface area contributed by atoms with Gasteiger partial charge in [-0.3, -0.25) is 4.90 Å². The van der Waals surface area contributed by atoms with Crippen LogP contribution in [-0.4, -0.2) is 54.4 Å². The van der Waals surface area contributed by atoms with E-state index in [-0.39, 0.29) is 6.23 Å². The fraction of sp³-hybridized carbons (Fsp3) is 0.409. The number of pyridine rings is 1. The molecule has 1 N–H and O–H groups in total. The third-order valence-electron chi connectivity index (χ3n) is 5.50. The van der Waals surface area contributed by atoms with Crippen molar-refractivity contribution in [3.63, 3.8) is 0 Å². The standard InChI is InChI=1S/C22H28N4O/c1-27-22-17-26(21-11-4-6-12-23-21)15-14-25(22)13-7-5-8-18-16-24-20-10-3-2-9-19(18)20/h2-4,6,9-12,16,22,24H,5,7-8,13-15,17H2,1H3. The topological polar surface area (TPSA) is 44.4 Å². The van der Waals surface area contributed by atoms with E-state index in [1.807, 2.05) is 25.4 Å². The highest BCUT2D eigenvalue weighted by Gasteiger charge is 2.26. The lowest BCUT2D eigenvalue weighted by Crippen LogP contribution is -2.54. The smallest absolute Gasteiger partial charge is 0.128 e. The molecule has 0 amide bonds. The van der Waals surface area contributed by atoms with Crippen LogP contribution in [0.1, 0.15) is 18.4 Å². The number of nitrogens with one attached hydrogen (secondary N) is 1. The molecule has 1 saturated heterocycles. The predicted octanol–water partition coefficient (Wildman–Crippen LogP) is 3.68. The van der Waals surface area contributed by atoms with Crippen molar-refractivity contribution in [3.05, 3.63) is 60.4 Å². The van der Waals surface area contributed by atoms with Gasteiger partial charge in [-0.05, 0) is 43.0 Å². The molecule has 1 aliphatic rings. The summed E-state index contributed by atoms with van der Waals surface area (Å²) in [6, 6.07) is 14.6. The molecule has 0 aliphatic carbocycles. The van der Waals surface area contributed by atoms with Gasteiger partial charge in [-0.2, -0.15) is 0 Å². The number of aromatic nitrogens is 2. The number of ether oxygens (including phenoxy) is 1. The maximum atomic E-state index is 5.77. The van der Waals surface area contributed by atoms with E-state index in [1.165, 1.54) is 29.3 Å². The lowest BCUT2D eigenvalue weighted by atomic mass is 10.1. The summed E-state index contributed by atoms with van der Waals surface area (Å²) in [5, 5.41) is 1.36. The van der Waals surface area contributed by atoms with Crippen molar-refractivity contribution in [3.8, 4) is 0 Å². The molecule has 4 rings (SSSR count). The van der Waals surface area contributed by atoms with E-state index in [0.717, 1.165) is 38.4 Å². The van der Waals surface area contributed by atoms with Crippen LogP contribution in [0.3, 0.4) is 0 Å². The number of aromatic amines is 1. The van der Waals surface area contributed by atoms with Gasteiger partial charge in [0.25, 0.3) is 0 Å². The average Bonchev–Trinajstić information content (AvgIpc) is 3.15. The first-order chi connectivity index (χ1) is 13.3. The van der Waals surface area contributed by atoms with E-state index in [4.69, 9.17) is 4.74 Å². The number of nitrogens with zero attached hydrogens (tertiary/aromatic N) is 3. The summed E-state index contributed by atoms with van der Waals surface area (Å²) >= 11 is 0. The fourth-order valence-corrected chi connectivity index (χ4v) is 3.99. The Morgan fingerprint density at radius 1 is 1.11 bits per heavy atom. The van der Waals surface area contributed by atoms with Crippen LogP contribution in [0.4, 0.5) is 5.82 Å². The minimum atomic E-state index is 0.133. The Hall–Kier alpha value is -2.37. The summed E-state index contributed by atoms with van der Waals surface area (Å²) < 4.78 is 5.77. The number of unbranched alkanes of at least 4 members (excludes halogenated alkanes) is 1. The Morgan fingerprint density at radius 2 is 2.00 bits per heavy atom. The van der Waals surface area contributed by atoms with Crippen molar-refractivity contribution >= 4 is 16.7 Å². The molecule has 5 nitrogen and oxygen atoms in total. The number of aryl methyl sites for hydroxylation is 1. The minimum absolute atomic E-state index is 0.133. The normalized spacial score (nSPS) is 18.3. The summed E-state index contributed by atoms with van der Waals surface area (Å²) in [5.74, 6) is 1.04. The molecule has 3 heterocycles. The second-order valence-electron chi connectivity index (χ2n) is 7.18. The number of methoxy groups -OCH3 is 1. The summed E-state index contributed by atoms with van der Waals surface area (Å²) in [7, 11) is 1.81. The van der Waals surface area contributed by atoms with Crippen molar-refractivity contribution in [2.75, 3.05) is 38.2 Å². The number of H-pyrrole nitrogens is 1. The number of fused-ring (bicyclic) bond motifs is 1. The second-order valence-corrected chi connectivity index (χ2v) is 7.18. The molecule has 1 aromatic carbocycles. The van der Waals surface area contributed by atoms with Crippen molar-refractivity contribution in [2.24, 2.45) is 0 Å². The molecular weight excluding hydrogens is 336 g/mol. The zero-order valence-electron chi connectivity index (χ0n) is 16.0. The maximum Gasteiger partial charge on any atom is 0.128 e. The third kappa shape index (κ3) is 4.15. The molecule has 1 aliphatic heterocycles. The quantitative estimate of drug-likeness (QED) is 0.650. The lowest BCUT2D eigenvalue weighted by Gasteiger charge is -2.41. The molecule has 142 valence electrons. The number of piperazine rings is 1. The molecular formula is C22H28N4O. The van der Waals surface area contributed by atoms with Gasteiger partial charge in [-0.15, -0.1) is 0 Å². The minimum Gasteiger partial charge on any atom is -0.364 e. The van der Waals surface area contributed by atoms with Gasteiger partial charge in [-0.25, -0.2) is 4.98 Å². The zero-order chi connectivity index (χ0) is 18.5. The first-order valence-corrected chi connectivity index (χ1v) is 9.83. The highest BCUT2D eigenvalue weighted by Crippen LogP contribution is 2.21. The lowest BCUT2D eigenvalue weighted by molar-refractivity contribution is -0.0382. The second kappa shape index (κ2) is 8.55. The molecule has 0 bridgehead atoms. The van der Waals surface area contributed by atoms with Gasteiger partial charge in [0.05, 0.1) is 6.54 Å². The summed E-state index contributed by atoms with van der Waals surface area (Å²) in [4.78, 5) is 12.6. The molecule has 27 heavy (non-hydrogen) atoms. The van der Waals surface area contributed by atoms with E-state index in [2.05, 4.69) is 56.3 Å². The Kier molecular flexibility index (Phi) is 5.70. The Balaban J connectivity index is 1.27. The van der Waals surface area contributed by atoms with E-state index in [0.29, 0.717) is 0 Å². The van der Waals surface area contributed by atoms with Crippen LogP contribution in [0.15, 0.2) is 54.9 Å². The van der Waals surface area contributed by atoms with Gasteiger partial charge in [0.1, 0.15) is 12.0 Å². The predicted molar refractivity (Wildman–Crippen MR) is 110 cm³/mol. The SMILES string of the molecule is COC1CN(c2ccccn2)CCN1CCCCc1c[nH]c2ccccc12. The van der Waals surface area contributed by atoms with Gasteiger partial charge in [-0.1, -0.05) is 24.3 Å². The van der Waals surface area contributed by atoms with Crippen LogP contribution in [-0.2, 0) is 11.2 Å². The highest BCUT2D eigenvalue weighted by molar-refractivity contribution is 5.82. The van der Waals surface area contributed by atoms with E-state index in [1.54, 1.807) is 0 Å². The maximum absolute atomic E-state index is 5.77. The Morgan fingerprint density at radius 3 is 2.85 bits per heavy atom. The van der Waals surface area contributed by atoms with Crippen LogP contribution in [0.2, 0.25) is 0 Å². The number of anilines is 1. The molecule has 3 aromatic rings. The summed E-state index contributed by atoms with van der Waals surface area (Å²) in [5.41, 5.74) is 2.66. The largest absolute Gasteiger partial charge is 0.364 e. The van der Waals surface area contributed by atoms with Crippen molar-refractivity contribution < 1.29 is 4.74 Å². The van der Waals surface area contributed by atoms with Crippen molar-refractivity contribution in [1.29, 1.82) is 0 Å². The summed E-state index contributed by atoms with van der Waals surface area (Å²) in [6.07, 6.45) is 7.65. The van der Waals surface area contributed by atoms with Gasteiger partial charge in [0.2, 0.25) is 0 Å². The van der Waals surface area contributed by atoms with Crippen LogP contribution in [0.5, 0.6) is 0 Å². The van der Waals surface area contributed by atoms with Crippen molar-refractivity contribution in [2.45, 2.75) is 25.5 Å². The van der Waals surface area contributed by atoms with E-state index >= 15 is 0 Å². The van der Waals surface area contributed by atoms with Gasteiger partial charge >= 0.3 is 0 Å². The van der Waals surface area contributed by atoms with Crippen molar-refractivity contribution in [1.82, 2.24) is 14.9 Å². The first-order valence-electron chi connectivity index (χ1n) is 9.83. The number of para-hydroxylation sites is 1. The van der Waals surface area contributed by atoms with Crippen LogP contribution < -0.4 is 4.90 Å². The van der Waals surface area contributed by atoms with Crippen LogP contribution >= 0.6 is 0 Å². The monoisotopic (exact) mass is 364 g/mol. The summed E-state index contributed by atoms with van der Waals surface area (Å²) in [6.45, 7) is 3.97. The first kappa shape index (κ1) is 18.0. The molecule has 5 heteroatoms. The molecule has 1 atom stereocenters. The van der Waals surface area contributed by atoms with Gasteiger partial charge in [0, 0.05) is 50.0 Å². The van der Waals surface area contributed by atoms with Crippen LogP contribution in [0, 0.1) is 0 Å². The Labute approximate surface area is 161 Å². The van der Waals surface area contributed by atoms with E-state index < -0.39 is 0 Å². The van der Waals surface area contributed by atoms with Gasteiger partial charge in [0.15, 0.2) is 0 Å². The molecule has 0 saturated carbocycles. The average molecular weight is 364 g/mol. The van der Waals surface area contributed by atoms with Crippen LogP contribution in [0.25, 0.3) is 10.9 Å². The third-order valence-corrected chi connectivity index (χ3v) is 5.50. The number of rotatable bonds is 7. The molecule has 2 aromatic heterocycles. The molecule has 1 fully saturated rings. The Bertz CT molecular complexity index is 848. The van der Waals surface area contributed by atoms with E-state index in [9.17, 15) is 0 Å². The fourth-order valence-electron chi connectivity index (χ4n) is 3.99. The number of hydrogen-bond donors (Lipinski definition) is 1.